The maximum Gasteiger partial charge on any atom is 0.255 e. The van der Waals surface area contributed by atoms with E-state index in [2.05, 4.69) is 31.3 Å². The van der Waals surface area contributed by atoms with Gasteiger partial charge >= 0.3 is 0 Å². The van der Waals surface area contributed by atoms with Crippen LogP contribution in [0.1, 0.15) is 15.9 Å². The molecule has 0 fully saturated rings. The van der Waals surface area contributed by atoms with Crippen LogP contribution in [0.25, 0.3) is 22.2 Å². The van der Waals surface area contributed by atoms with Crippen LogP contribution in [0.2, 0.25) is 0 Å². The number of aromatic nitrogens is 4. The lowest BCUT2D eigenvalue weighted by Gasteiger charge is -2.14. The molecule has 7 nitrogen and oxygen atoms in total. The number of nitrogens with zero attached hydrogens (tertiary/aromatic N) is 4. The van der Waals surface area contributed by atoms with E-state index in [1.807, 2.05) is 50.6 Å². The van der Waals surface area contributed by atoms with Crippen molar-refractivity contribution in [2.45, 2.75) is 6.42 Å². The van der Waals surface area contributed by atoms with Gasteiger partial charge in [-0.2, -0.15) is 0 Å². The molecule has 0 aliphatic rings. The van der Waals surface area contributed by atoms with Crippen molar-refractivity contribution in [3.8, 4) is 11.3 Å². The summed E-state index contributed by atoms with van der Waals surface area (Å²) < 4.78 is 0. The molecule has 0 spiro atoms. The van der Waals surface area contributed by atoms with Gasteiger partial charge in [0.1, 0.15) is 0 Å². The van der Waals surface area contributed by atoms with Gasteiger partial charge in [-0.1, -0.05) is 18.2 Å². The first-order valence-electron chi connectivity index (χ1n) is 9.41. The number of anilines is 1. The minimum absolute atomic E-state index is 0.200. The summed E-state index contributed by atoms with van der Waals surface area (Å²) in [6, 6.07) is 11.9. The second-order valence-corrected chi connectivity index (χ2v) is 6.93. The quantitative estimate of drug-likeness (QED) is 0.532. The van der Waals surface area contributed by atoms with Gasteiger partial charge in [-0.15, -0.1) is 0 Å². The Labute approximate surface area is 168 Å². The van der Waals surface area contributed by atoms with Crippen LogP contribution in [0.15, 0.2) is 61.2 Å². The number of benzene rings is 1. The van der Waals surface area contributed by atoms with Crippen molar-refractivity contribution < 1.29 is 4.79 Å². The van der Waals surface area contributed by atoms with Crippen LogP contribution in [0.4, 0.5) is 5.95 Å². The standard InChI is InChI=1S/C22H22N6O/c1-28(2)22-26-14-18(20(27-22)16-6-5-10-23-12-16)21(29)24-11-9-15-13-25-19-8-4-3-7-17(15)19/h3-8,10,12-14,25H,9,11H2,1-2H3,(H,24,29). The molecule has 3 aromatic heterocycles. The molecule has 0 aliphatic heterocycles. The van der Waals surface area contributed by atoms with Crippen LogP contribution in [0, 0.1) is 0 Å². The molecule has 0 atom stereocenters. The first kappa shape index (κ1) is 18.6. The zero-order valence-electron chi connectivity index (χ0n) is 16.4. The molecule has 2 N–H and O–H groups in total. The number of hydrogen-bond acceptors (Lipinski definition) is 5. The van der Waals surface area contributed by atoms with Gasteiger partial charge in [0.2, 0.25) is 5.95 Å². The monoisotopic (exact) mass is 386 g/mol. The lowest BCUT2D eigenvalue weighted by molar-refractivity contribution is 0.0954. The number of aromatic amines is 1. The number of pyridine rings is 1. The number of H-pyrrole nitrogens is 1. The Bertz CT molecular complexity index is 1140. The summed E-state index contributed by atoms with van der Waals surface area (Å²) in [6.45, 7) is 0.516. The van der Waals surface area contributed by atoms with Gasteiger partial charge in [0.05, 0.1) is 11.3 Å². The molecule has 3 heterocycles. The fraction of sp³-hybridized carbons (Fsp3) is 0.182. The van der Waals surface area contributed by atoms with E-state index in [4.69, 9.17) is 0 Å². The highest BCUT2D eigenvalue weighted by atomic mass is 16.1. The third-order valence-corrected chi connectivity index (χ3v) is 4.71. The molecule has 7 heteroatoms. The van der Waals surface area contributed by atoms with Crippen LogP contribution in [-0.2, 0) is 6.42 Å². The van der Waals surface area contributed by atoms with Crippen molar-refractivity contribution in [3.05, 3.63) is 72.3 Å². The molecule has 0 radical (unpaired) electrons. The summed E-state index contributed by atoms with van der Waals surface area (Å²) in [5.74, 6) is 0.341. The van der Waals surface area contributed by atoms with Gasteiger partial charge < -0.3 is 15.2 Å². The van der Waals surface area contributed by atoms with Gasteiger partial charge in [0.25, 0.3) is 5.91 Å². The smallest absolute Gasteiger partial charge is 0.255 e. The van der Waals surface area contributed by atoms with Crippen LogP contribution in [0.3, 0.4) is 0 Å². The van der Waals surface area contributed by atoms with E-state index in [9.17, 15) is 4.79 Å². The average molecular weight is 386 g/mol. The van der Waals surface area contributed by atoms with Crippen LogP contribution in [0.5, 0.6) is 0 Å². The molecule has 29 heavy (non-hydrogen) atoms. The number of hydrogen-bond donors (Lipinski definition) is 2. The average Bonchev–Trinajstić information content (AvgIpc) is 3.17. The first-order chi connectivity index (χ1) is 14.1. The van der Waals surface area contributed by atoms with Crippen molar-refractivity contribution in [3.63, 3.8) is 0 Å². The molecule has 0 saturated heterocycles. The van der Waals surface area contributed by atoms with E-state index >= 15 is 0 Å². The first-order valence-corrected chi connectivity index (χ1v) is 9.41. The SMILES string of the molecule is CN(C)c1ncc(C(=O)NCCc2c[nH]c3ccccc23)c(-c2cccnc2)n1. The Morgan fingerprint density at radius 1 is 1.14 bits per heavy atom. The van der Waals surface area contributed by atoms with Crippen molar-refractivity contribution in [2.24, 2.45) is 0 Å². The Balaban J connectivity index is 1.53. The maximum absolute atomic E-state index is 12.9. The largest absolute Gasteiger partial charge is 0.361 e. The maximum atomic E-state index is 12.9. The summed E-state index contributed by atoms with van der Waals surface area (Å²) in [5.41, 5.74) is 4.05. The fourth-order valence-corrected chi connectivity index (χ4v) is 3.22. The van der Waals surface area contributed by atoms with Crippen molar-refractivity contribution >= 4 is 22.8 Å². The number of fused-ring (bicyclic) bond motifs is 1. The summed E-state index contributed by atoms with van der Waals surface area (Å²) in [4.78, 5) is 31.0. The van der Waals surface area contributed by atoms with Gasteiger partial charge in [-0.25, -0.2) is 9.97 Å². The van der Waals surface area contributed by atoms with Crippen LogP contribution >= 0.6 is 0 Å². The molecular weight excluding hydrogens is 364 g/mol. The van der Waals surface area contributed by atoms with E-state index < -0.39 is 0 Å². The number of carbonyl (C=O) groups excluding carboxylic acids is 1. The summed E-state index contributed by atoms with van der Waals surface area (Å²) in [6.07, 6.45) is 7.69. The summed E-state index contributed by atoms with van der Waals surface area (Å²) >= 11 is 0. The third kappa shape index (κ3) is 3.94. The minimum Gasteiger partial charge on any atom is -0.361 e. The van der Waals surface area contributed by atoms with E-state index in [0.717, 1.165) is 17.5 Å². The van der Waals surface area contributed by atoms with Crippen LogP contribution in [-0.4, -0.2) is 46.5 Å². The lowest BCUT2D eigenvalue weighted by atomic mass is 10.1. The van der Waals surface area contributed by atoms with Gasteiger partial charge in [-0.05, 0) is 30.2 Å². The fourth-order valence-electron chi connectivity index (χ4n) is 3.22. The highest BCUT2D eigenvalue weighted by molar-refractivity contribution is 5.99. The van der Waals surface area contributed by atoms with E-state index in [1.165, 1.54) is 10.9 Å². The van der Waals surface area contributed by atoms with Gasteiger partial charge in [0.15, 0.2) is 0 Å². The molecule has 1 amide bonds. The Morgan fingerprint density at radius 3 is 2.79 bits per heavy atom. The number of rotatable bonds is 6. The molecule has 146 valence electrons. The van der Waals surface area contributed by atoms with E-state index in [0.29, 0.717) is 23.8 Å². The second-order valence-electron chi connectivity index (χ2n) is 6.93. The molecule has 1 aromatic carbocycles. The van der Waals surface area contributed by atoms with E-state index in [1.54, 1.807) is 23.5 Å². The molecule has 0 aliphatic carbocycles. The van der Waals surface area contributed by atoms with E-state index in [-0.39, 0.29) is 5.91 Å². The van der Waals surface area contributed by atoms with Gasteiger partial charge in [0, 0.05) is 61.9 Å². The molecule has 0 bridgehead atoms. The van der Waals surface area contributed by atoms with Crippen molar-refractivity contribution in [1.82, 2.24) is 25.3 Å². The normalized spacial score (nSPS) is 10.8. The van der Waals surface area contributed by atoms with Crippen molar-refractivity contribution in [2.75, 3.05) is 25.5 Å². The van der Waals surface area contributed by atoms with Crippen molar-refractivity contribution in [1.29, 1.82) is 0 Å². The Hall–Kier alpha value is -3.74. The minimum atomic E-state index is -0.200. The summed E-state index contributed by atoms with van der Waals surface area (Å²) in [7, 11) is 3.73. The number of amides is 1. The third-order valence-electron chi connectivity index (χ3n) is 4.71. The molecule has 0 unspecified atom stereocenters. The molecule has 0 saturated carbocycles. The number of para-hydroxylation sites is 1. The summed E-state index contributed by atoms with van der Waals surface area (Å²) in [5, 5.41) is 4.17. The predicted octanol–water partition coefficient (Wildman–Crippen LogP) is 3.06. The molecule has 4 rings (SSSR count). The Morgan fingerprint density at radius 2 is 2.00 bits per heavy atom. The van der Waals surface area contributed by atoms with Crippen LogP contribution < -0.4 is 10.2 Å². The highest BCUT2D eigenvalue weighted by Crippen LogP contribution is 2.22. The zero-order valence-corrected chi connectivity index (χ0v) is 16.4. The lowest BCUT2D eigenvalue weighted by Crippen LogP contribution is -2.27. The number of carbonyl (C=O) groups is 1. The highest BCUT2D eigenvalue weighted by Gasteiger charge is 2.17. The Kier molecular flexibility index (Phi) is 5.20. The van der Waals surface area contributed by atoms with Gasteiger partial charge in [-0.3, -0.25) is 9.78 Å². The number of nitrogens with one attached hydrogen (secondary N) is 2. The predicted molar refractivity (Wildman–Crippen MR) is 114 cm³/mol. The molecular formula is C22H22N6O. The second kappa shape index (κ2) is 8.10. The zero-order chi connectivity index (χ0) is 20.2. The molecule has 4 aromatic rings. The topological polar surface area (TPSA) is 86.8 Å².